The van der Waals surface area contributed by atoms with Crippen LogP contribution in [0.1, 0.15) is 195 Å². The third kappa shape index (κ3) is 37.8. The molecule has 0 aromatic heterocycles. The van der Waals surface area contributed by atoms with E-state index in [-0.39, 0.29) is 51.2 Å². The Hall–Kier alpha value is 2.40. The molecule has 8 nitrogen and oxygen atoms in total. The fourth-order valence-corrected chi connectivity index (χ4v) is 10.9. The molecule has 0 aliphatic carbocycles. The van der Waals surface area contributed by atoms with Crippen molar-refractivity contribution >= 4 is 46.4 Å². The molecule has 0 aromatic carbocycles. The molecule has 0 saturated carbocycles. The Labute approximate surface area is 481 Å². The third-order valence-corrected chi connectivity index (χ3v) is 16.6. The van der Waals surface area contributed by atoms with E-state index in [1.165, 1.54) is 187 Å². The zero-order valence-electron chi connectivity index (χ0n) is 45.8. The van der Waals surface area contributed by atoms with Gasteiger partial charge in [0.25, 0.3) is 0 Å². The van der Waals surface area contributed by atoms with Gasteiger partial charge < -0.3 is 29.4 Å². The second kappa shape index (κ2) is 47.6. The van der Waals surface area contributed by atoms with Crippen LogP contribution in [0.2, 0.25) is 0 Å². The Bertz CT molecular complexity index is 1090. The van der Waals surface area contributed by atoms with Crippen LogP contribution in [0.3, 0.4) is 0 Å². The molecular weight excluding hydrogens is 1070 g/mol. The molecule has 4 aliphatic rings. The van der Waals surface area contributed by atoms with E-state index in [1.54, 1.807) is 0 Å². The van der Waals surface area contributed by atoms with Crippen molar-refractivity contribution in [2.24, 2.45) is 0 Å². The maximum absolute atomic E-state index is 6.84. The molecule has 69 heavy (non-hydrogen) atoms. The molecule has 4 rings (SSSR count). The monoisotopic (exact) mass is 1180 g/mol. The maximum Gasteiger partial charge on any atom is 2.00 e. The Morgan fingerprint density at radius 2 is 0.594 bits per heavy atom. The van der Waals surface area contributed by atoms with E-state index < -0.39 is 8.91 Å². The van der Waals surface area contributed by atoms with Gasteiger partial charge in [-0.3, -0.25) is 9.80 Å². The molecule has 4 aliphatic heterocycles. The molecule has 0 aromatic rings. The first kappa shape index (κ1) is 73.5. The van der Waals surface area contributed by atoms with Gasteiger partial charge in [0.05, 0.1) is 0 Å². The summed E-state index contributed by atoms with van der Waals surface area (Å²) in [6.07, 6.45) is 35.2. The van der Waals surface area contributed by atoms with Gasteiger partial charge in [-0.1, -0.05) is 203 Å². The van der Waals surface area contributed by atoms with Crippen LogP contribution in [-0.4, -0.2) is 193 Å². The van der Waals surface area contributed by atoms with Crippen molar-refractivity contribution in [2.75, 3.05) is 145 Å². The molecule has 0 N–H and O–H groups in total. The molecule has 4 heterocycles. The molecule has 0 amide bonds. The summed E-state index contributed by atoms with van der Waals surface area (Å²) in [6.45, 7) is 30.8. The molecule has 4 unspecified atom stereocenters. The summed E-state index contributed by atoms with van der Waals surface area (Å²) in [5.41, 5.74) is 0. The summed E-state index contributed by atoms with van der Waals surface area (Å²) >= 11 is 27.2. The molecule has 3 radical (unpaired) electrons. The van der Waals surface area contributed by atoms with Crippen LogP contribution in [0, 0.1) is 0 Å². The fraction of sp³-hybridized carbons (Fsp3) is 1.00. The van der Waals surface area contributed by atoms with Crippen molar-refractivity contribution in [3.63, 3.8) is 0 Å². The van der Waals surface area contributed by atoms with E-state index >= 15 is 0 Å². The predicted octanol–water partition coefficient (Wildman–Crippen LogP) is 13.2. The Morgan fingerprint density at radius 3 is 0.942 bits per heavy atom. The van der Waals surface area contributed by atoms with Crippen LogP contribution in [-0.2, 0) is 51.2 Å². The zero-order valence-corrected chi connectivity index (χ0v) is 52.3. The quantitative estimate of drug-likeness (QED) is 0.0432. The van der Waals surface area contributed by atoms with Crippen molar-refractivity contribution < 1.29 is 51.2 Å². The first-order chi connectivity index (χ1) is 31.9. The predicted molar refractivity (Wildman–Crippen MR) is 296 cm³/mol. The summed E-state index contributed by atoms with van der Waals surface area (Å²) in [5.74, 6) is 0. The Balaban J connectivity index is 0. The number of hydrogen-bond donors (Lipinski definition) is 0. The number of halogens is 4. The van der Waals surface area contributed by atoms with Crippen LogP contribution in [0.25, 0.3) is 0 Å². The average Bonchev–Trinajstić information content (AvgIpc) is 3.30. The van der Waals surface area contributed by atoms with Gasteiger partial charge in [0.2, 0.25) is 0 Å². The normalized spacial score (nSPS) is 24.4. The van der Waals surface area contributed by atoms with Crippen LogP contribution in [0.15, 0.2) is 0 Å². The van der Waals surface area contributed by atoms with Gasteiger partial charge in [-0.2, -0.15) is 0 Å². The summed E-state index contributed by atoms with van der Waals surface area (Å²) < 4.78 is -1.49. The summed E-state index contributed by atoms with van der Waals surface area (Å²) in [6, 6.07) is 0. The first-order valence-corrected chi connectivity index (χ1v) is 30.0. The molecule has 409 valence electrons. The number of rotatable bonds is 23. The van der Waals surface area contributed by atoms with E-state index in [4.69, 9.17) is 46.4 Å². The topological polar surface area (TPSA) is 25.9 Å². The van der Waals surface area contributed by atoms with Crippen LogP contribution in [0.4, 0.5) is 0 Å². The standard InChI is InChI=1S/C21H42Cl2N4.C17H34Cl2N4.C16H34.3Mn/c1-3-4-5-6-7-8-12-25-14-10-21(22,23)27-19-15-24(2)11-9-13-26(17-16-25)18-20-27;1-3-4-8-21-10-6-17(18,19)23-15-11-20(2)7-5-9-22(13-12-21)14-16-23;1-3-5-7-9-11-13-15-16-14-12-10-8-6-4-2;;;/h3-20H2,1-2H3;3-16H2,1-2H3;3-16H2,1-2H3;;;/q;;;3*+2. The first-order valence-electron chi connectivity index (χ1n) is 28.5. The molecule has 15 heteroatoms. The van der Waals surface area contributed by atoms with Crippen molar-refractivity contribution in [2.45, 2.75) is 204 Å². The number of fused-ring (bicyclic) bond motifs is 6. The second-order valence-corrected chi connectivity index (χ2v) is 23.7. The third-order valence-electron chi connectivity index (χ3n) is 14.9. The molecule has 4 saturated heterocycles. The van der Waals surface area contributed by atoms with Crippen LogP contribution >= 0.6 is 46.4 Å². The van der Waals surface area contributed by atoms with Crippen molar-refractivity contribution in [1.29, 1.82) is 0 Å². The van der Waals surface area contributed by atoms with Crippen molar-refractivity contribution in [3.8, 4) is 0 Å². The number of unbranched alkanes of at least 4 members (excludes halogenated alkanes) is 19. The number of alkyl halides is 4. The SMILES string of the molecule is CCCCCCCCCCCCCCCC.CCCCCCCCN1CCN2CCCN(C)CCN(CC2)C(Cl)(Cl)CC1.CCCCN1CCN2CCCN(C)CCN(CC2)C(Cl)(Cl)CC1.[Mn+2].[Mn+2].[Mn+2]. The smallest absolute Gasteiger partial charge is 0.305 e. The van der Waals surface area contributed by atoms with Crippen molar-refractivity contribution in [3.05, 3.63) is 0 Å². The second-order valence-electron chi connectivity index (χ2n) is 20.8. The van der Waals surface area contributed by atoms with E-state index in [9.17, 15) is 0 Å². The minimum Gasteiger partial charge on any atom is -0.305 e. The Morgan fingerprint density at radius 1 is 0.304 bits per heavy atom. The van der Waals surface area contributed by atoms with Gasteiger partial charge in [-0.15, -0.1) is 0 Å². The van der Waals surface area contributed by atoms with Crippen LogP contribution < -0.4 is 0 Å². The average molecular weight is 1180 g/mol. The van der Waals surface area contributed by atoms with Gasteiger partial charge in [-0.05, 0) is 79.0 Å². The Kier molecular flexibility index (Phi) is 50.7. The van der Waals surface area contributed by atoms with E-state index in [0.717, 1.165) is 111 Å². The summed E-state index contributed by atoms with van der Waals surface area (Å²) in [4.78, 5) is 19.8. The summed E-state index contributed by atoms with van der Waals surface area (Å²) in [5, 5.41) is 0. The van der Waals surface area contributed by atoms with Crippen LogP contribution in [0.5, 0.6) is 0 Å². The van der Waals surface area contributed by atoms with E-state index in [1.807, 2.05) is 0 Å². The number of likely N-dealkylation sites (N-methyl/N-ethyl adjacent to an activating group) is 2. The fourth-order valence-electron chi connectivity index (χ4n) is 9.91. The molecular formula is C54H110Cl4Mn3N8+6. The van der Waals surface area contributed by atoms with Crippen molar-refractivity contribution in [1.82, 2.24) is 39.2 Å². The van der Waals surface area contributed by atoms with E-state index in [0.29, 0.717) is 0 Å². The zero-order chi connectivity index (χ0) is 48.1. The molecule has 4 bridgehead atoms. The number of hydrogen-bond acceptors (Lipinski definition) is 8. The van der Waals surface area contributed by atoms with Gasteiger partial charge in [0.15, 0.2) is 8.91 Å². The van der Waals surface area contributed by atoms with Gasteiger partial charge in [0.1, 0.15) is 0 Å². The number of nitrogens with zero attached hydrogens (tertiary/aromatic N) is 8. The summed E-state index contributed by atoms with van der Waals surface area (Å²) in [7, 11) is 4.41. The molecule has 0 spiro atoms. The van der Waals surface area contributed by atoms with Gasteiger partial charge in [-0.25, -0.2) is 0 Å². The van der Waals surface area contributed by atoms with Gasteiger partial charge >= 0.3 is 51.2 Å². The molecule has 4 fully saturated rings. The minimum atomic E-state index is -0.748. The molecule has 4 atom stereocenters. The minimum absolute atomic E-state index is 0. The maximum atomic E-state index is 6.84. The van der Waals surface area contributed by atoms with E-state index in [2.05, 4.69) is 81.0 Å². The van der Waals surface area contributed by atoms with Gasteiger partial charge in [0, 0.05) is 104 Å². The largest absolute Gasteiger partial charge is 2.00 e.